The molecule has 1 aliphatic heterocycles. The third-order valence-corrected chi connectivity index (χ3v) is 2.43. The molecule has 1 amide bonds. The maximum Gasteiger partial charge on any atom is 0.239 e. The predicted octanol–water partition coefficient (Wildman–Crippen LogP) is -2.82. The Kier molecular flexibility index (Phi) is 3.82. The van der Waals surface area contributed by atoms with Crippen molar-refractivity contribution in [2.75, 3.05) is 13.7 Å². The van der Waals surface area contributed by atoms with E-state index in [4.69, 9.17) is 5.11 Å². The second-order valence-electron chi connectivity index (χ2n) is 3.43. The van der Waals surface area contributed by atoms with Gasteiger partial charge in [-0.3, -0.25) is 10.1 Å². The van der Waals surface area contributed by atoms with Gasteiger partial charge in [-0.25, -0.2) is 0 Å². The Hall–Kier alpha value is -0.690. The van der Waals surface area contributed by atoms with Crippen molar-refractivity contribution in [1.29, 1.82) is 0 Å². The molecule has 14 heavy (non-hydrogen) atoms. The molecule has 1 aliphatic rings. The summed E-state index contributed by atoms with van der Waals surface area (Å²) in [4.78, 5) is 11.3. The summed E-state index contributed by atoms with van der Waals surface area (Å²) >= 11 is 0. The van der Waals surface area contributed by atoms with E-state index in [-0.39, 0.29) is 19.1 Å². The van der Waals surface area contributed by atoms with Gasteiger partial charge in [-0.1, -0.05) is 0 Å². The van der Waals surface area contributed by atoms with Gasteiger partial charge in [0.05, 0.1) is 12.7 Å². The minimum absolute atomic E-state index is 0.169. The van der Waals surface area contributed by atoms with Gasteiger partial charge in [0.15, 0.2) is 0 Å². The van der Waals surface area contributed by atoms with Crippen molar-refractivity contribution in [2.45, 2.75) is 30.7 Å². The lowest BCUT2D eigenvalue weighted by Crippen LogP contribution is -2.63. The first-order valence-corrected chi connectivity index (χ1v) is 4.54. The molecular weight excluding hydrogens is 188 g/mol. The molecule has 0 aromatic heterocycles. The van der Waals surface area contributed by atoms with Gasteiger partial charge in [0, 0.05) is 13.1 Å². The Bertz CT molecular complexity index is 212. The van der Waals surface area contributed by atoms with Gasteiger partial charge >= 0.3 is 0 Å². The summed E-state index contributed by atoms with van der Waals surface area (Å²) in [6, 6.07) is -1.21. The lowest BCUT2D eigenvalue weighted by Gasteiger charge is -2.36. The van der Waals surface area contributed by atoms with Crippen LogP contribution >= 0.6 is 0 Å². The first-order chi connectivity index (χ1) is 6.60. The Morgan fingerprint density at radius 1 is 1.57 bits per heavy atom. The number of aliphatic hydroxyl groups is 3. The molecule has 0 aromatic rings. The van der Waals surface area contributed by atoms with Crippen LogP contribution < -0.4 is 10.6 Å². The van der Waals surface area contributed by atoms with Crippen LogP contribution in [0.5, 0.6) is 0 Å². The summed E-state index contributed by atoms with van der Waals surface area (Å²) in [5.74, 6) is -0.394. The van der Waals surface area contributed by atoms with Crippen molar-refractivity contribution >= 4 is 5.91 Å². The molecule has 0 spiro atoms. The minimum atomic E-state index is -1.13. The van der Waals surface area contributed by atoms with Crippen molar-refractivity contribution in [3.8, 4) is 0 Å². The van der Waals surface area contributed by atoms with Gasteiger partial charge in [0.2, 0.25) is 5.91 Å². The van der Waals surface area contributed by atoms with Gasteiger partial charge in [-0.05, 0) is 6.42 Å². The second kappa shape index (κ2) is 4.70. The number of piperidine rings is 1. The lowest BCUT2D eigenvalue weighted by molar-refractivity contribution is -0.131. The maximum absolute atomic E-state index is 11.3. The molecule has 5 N–H and O–H groups in total. The topological polar surface area (TPSA) is 102 Å². The zero-order chi connectivity index (χ0) is 10.7. The van der Waals surface area contributed by atoms with Crippen molar-refractivity contribution in [3.63, 3.8) is 0 Å². The zero-order valence-electron chi connectivity index (χ0n) is 7.97. The van der Waals surface area contributed by atoms with Crippen LogP contribution in [0.15, 0.2) is 0 Å². The third kappa shape index (κ3) is 2.21. The molecule has 0 bridgehead atoms. The minimum Gasteiger partial charge on any atom is -0.395 e. The molecule has 0 saturated carbocycles. The van der Waals surface area contributed by atoms with Crippen LogP contribution in [0.25, 0.3) is 0 Å². The van der Waals surface area contributed by atoms with E-state index in [1.54, 1.807) is 0 Å². The van der Waals surface area contributed by atoms with Crippen LogP contribution in [0.3, 0.4) is 0 Å². The number of amides is 1. The maximum atomic E-state index is 11.3. The van der Waals surface area contributed by atoms with Gasteiger partial charge < -0.3 is 20.6 Å². The van der Waals surface area contributed by atoms with Gasteiger partial charge in [-0.15, -0.1) is 0 Å². The number of carbonyl (C=O) groups is 1. The highest BCUT2D eigenvalue weighted by Crippen LogP contribution is 2.14. The largest absolute Gasteiger partial charge is 0.395 e. The molecular formula is C8H16N2O4. The molecule has 4 unspecified atom stereocenters. The van der Waals surface area contributed by atoms with E-state index in [0.29, 0.717) is 0 Å². The molecule has 4 atom stereocenters. The first-order valence-electron chi connectivity index (χ1n) is 4.54. The van der Waals surface area contributed by atoms with Crippen molar-refractivity contribution < 1.29 is 20.1 Å². The molecule has 1 heterocycles. The van der Waals surface area contributed by atoms with E-state index in [0.717, 1.165) is 0 Å². The molecule has 1 rings (SSSR count). The van der Waals surface area contributed by atoms with E-state index in [1.165, 1.54) is 7.05 Å². The quantitative estimate of drug-likeness (QED) is 0.334. The van der Waals surface area contributed by atoms with E-state index < -0.39 is 24.2 Å². The molecule has 0 aliphatic carbocycles. The summed E-state index contributed by atoms with van der Waals surface area (Å²) in [5.41, 5.74) is 0. The fourth-order valence-electron chi connectivity index (χ4n) is 1.59. The molecule has 0 aromatic carbocycles. The molecule has 0 radical (unpaired) electrons. The Morgan fingerprint density at radius 3 is 2.71 bits per heavy atom. The van der Waals surface area contributed by atoms with E-state index in [9.17, 15) is 15.0 Å². The van der Waals surface area contributed by atoms with Crippen LogP contribution in [0.1, 0.15) is 6.42 Å². The van der Waals surface area contributed by atoms with Crippen LogP contribution in [0.2, 0.25) is 0 Å². The van der Waals surface area contributed by atoms with E-state index in [2.05, 4.69) is 10.6 Å². The number of hydrogen-bond donors (Lipinski definition) is 5. The number of likely N-dealkylation sites (N-methyl/N-ethyl adjacent to an activating group) is 1. The second-order valence-corrected chi connectivity index (χ2v) is 3.43. The Labute approximate surface area is 81.9 Å². The number of carbonyl (C=O) groups excluding carboxylic acids is 1. The van der Waals surface area contributed by atoms with Crippen LogP contribution in [-0.2, 0) is 4.79 Å². The number of aliphatic hydroxyl groups excluding tert-OH is 3. The standard InChI is InChI=1S/C8H16N2O4/c1-9-8(14)6-7(13)5(12)2-4(3-11)10-6/h4-7,10-13H,2-3H2,1H3,(H,9,14). The molecule has 1 fully saturated rings. The zero-order valence-corrected chi connectivity index (χ0v) is 7.97. The third-order valence-electron chi connectivity index (χ3n) is 2.43. The molecule has 1 saturated heterocycles. The average Bonchev–Trinajstić information content (AvgIpc) is 2.20. The lowest BCUT2D eigenvalue weighted by atomic mass is 9.93. The van der Waals surface area contributed by atoms with E-state index in [1.807, 2.05) is 0 Å². The van der Waals surface area contributed by atoms with Gasteiger partial charge in [0.25, 0.3) is 0 Å². The highest BCUT2D eigenvalue weighted by Gasteiger charge is 2.38. The van der Waals surface area contributed by atoms with Crippen molar-refractivity contribution in [2.24, 2.45) is 0 Å². The summed E-state index contributed by atoms with van der Waals surface area (Å²) < 4.78 is 0. The highest BCUT2D eigenvalue weighted by atomic mass is 16.3. The number of nitrogens with one attached hydrogen (secondary N) is 2. The Morgan fingerprint density at radius 2 is 2.21 bits per heavy atom. The van der Waals surface area contributed by atoms with Gasteiger partial charge in [-0.2, -0.15) is 0 Å². The normalized spacial score (nSPS) is 38.0. The number of hydrogen-bond acceptors (Lipinski definition) is 5. The van der Waals surface area contributed by atoms with Gasteiger partial charge in [0.1, 0.15) is 12.1 Å². The fraction of sp³-hybridized carbons (Fsp3) is 0.875. The fourth-order valence-corrected chi connectivity index (χ4v) is 1.59. The molecule has 6 nitrogen and oxygen atoms in total. The van der Waals surface area contributed by atoms with E-state index >= 15 is 0 Å². The summed E-state index contributed by atoms with van der Waals surface area (Å²) in [7, 11) is 1.45. The average molecular weight is 204 g/mol. The van der Waals surface area contributed by atoms with Crippen LogP contribution in [-0.4, -0.2) is 59.2 Å². The predicted molar refractivity (Wildman–Crippen MR) is 48.5 cm³/mol. The first kappa shape index (κ1) is 11.4. The molecule has 82 valence electrons. The van der Waals surface area contributed by atoms with Crippen LogP contribution in [0.4, 0.5) is 0 Å². The summed E-state index contributed by atoms with van der Waals surface area (Å²) in [6.07, 6.45) is -1.86. The smallest absolute Gasteiger partial charge is 0.239 e. The summed E-state index contributed by atoms with van der Waals surface area (Å²) in [6.45, 7) is -0.169. The van der Waals surface area contributed by atoms with Crippen molar-refractivity contribution in [3.05, 3.63) is 0 Å². The monoisotopic (exact) mass is 204 g/mol. The van der Waals surface area contributed by atoms with Crippen LogP contribution in [0, 0.1) is 0 Å². The summed E-state index contributed by atoms with van der Waals surface area (Å²) in [5, 5.41) is 32.9. The molecule has 6 heteroatoms. The Balaban J connectivity index is 2.67. The number of rotatable bonds is 2. The highest BCUT2D eigenvalue weighted by molar-refractivity contribution is 5.82. The van der Waals surface area contributed by atoms with Crippen molar-refractivity contribution in [1.82, 2.24) is 10.6 Å². The SMILES string of the molecule is CNC(=O)C1NC(CO)CC(O)C1O.